The van der Waals surface area contributed by atoms with Crippen molar-refractivity contribution in [1.82, 2.24) is 10.2 Å². The van der Waals surface area contributed by atoms with Crippen molar-refractivity contribution in [2.45, 2.75) is 38.3 Å². The van der Waals surface area contributed by atoms with Crippen LogP contribution in [-0.2, 0) is 16.1 Å². The summed E-state index contributed by atoms with van der Waals surface area (Å²) in [7, 11) is 0. The lowest BCUT2D eigenvalue weighted by Crippen LogP contribution is -2.47. The van der Waals surface area contributed by atoms with Crippen molar-refractivity contribution in [3.63, 3.8) is 0 Å². The van der Waals surface area contributed by atoms with Crippen molar-refractivity contribution >= 4 is 11.8 Å². The third kappa shape index (κ3) is 3.17. The molecule has 0 spiro atoms. The van der Waals surface area contributed by atoms with Gasteiger partial charge in [0.15, 0.2) is 0 Å². The van der Waals surface area contributed by atoms with Crippen LogP contribution in [0, 0.1) is 23.7 Å². The minimum absolute atomic E-state index is 0.0140. The van der Waals surface area contributed by atoms with Crippen molar-refractivity contribution in [3.8, 4) is 0 Å². The van der Waals surface area contributed by atoms with Crippen LogP contribution in [0.1, 0.15) is 31.2 Å². The maximum absolute atomic E-state index is 12.7. The standard InChI is InChI=1S/C20H26N2O3/c23-12-17-14-6-7-15(8-14)19(17)21-20(25)16-9-18(24)22(11-16)10-13-4-2-1-3-5-13/h1-5,14-17,19,23H,6-12H2,(H,21,25). The van der Waals surface area contributed by atoms with Gasteiger partial charge in [-0.2, -0.15) is 0 Å². The van der Waals surface area contributed by atoms with Crippen LogP contribution in [0.15, 0.2) is 30.3 Å². The summed E-state index contributed by atoms with van der Waals surface area (Å²) in [6.07, 6.45) is 3.74. The number of nitrogens with zero attached hydrogens (tertiary/aromatic N) is 1. The Balaban J connectivity index is 1.36. The highest BCUT2D eigenvalue weighted by Crippen LogP contribution is 2.48. The number of aliphatic hydroxyl groups excluding tert-OH is 1. The molecule has 5 nitrogen and oxygen atoms in total. The number of nitrogens with one attached hydrogen (secondary N) is 1. The Labute approximate surface area is 148 Å². The van der Waals surface area contributed by atoms with E-state index in [1.165, 1.54) is 6.42 Å². The van der Waals surface area contributed by atoms with E-state index in [0.29, 0.717) is 31.3 Å². The largest absolute Gasteiger partial charge is 0.396 e. The Morgan fingerprint density at radius 2 is 1.96 bits per heavy atom. The minimum atomic E-state index is -0.269. The van der Waals surface area contributed by atoms with Gasteiger partial charge in [0.2, 0.25) is 11.8 Å². The van der Waals surface area contributed by atoms with Crippen molar-refractivity contribution < 1.29 is 14.7 Å². The van der Waals surface area contributed by atoms with Gasteiger partial charge in [0.05, 0.1) is 5.92 Å². The molecule has 2 saturated carbocycles. The molecule has 5 atom stereocenters. The molecular formula is C20H26N2O3. The zero-order chi connectivity index (χ0) is 17.4. The molecule has 5 heteroatoms. The predicted molar refractivity (Wildman–Crippen MR) is 93.3 cm³/mol. The first kappa shape index (κ1) is 16.6. The number of benzene rings is 1. The molecule has 5 unspecified atom stereocenters. The highest BCUT2D eigenvalue weighted by atomic mass is 16.3. The molecule has 2 N–H and O–H groups in total. The Kier molecular flexibility index (Phi) is 4.50. The van der Waals surface area contributed by atoms with Gasteiger partial charge < -0.3 is 15.3 Å². The van der Waals surface area contributed by atoms with Crippen LogP contribution in [0.4, 0.5) is 0 Å². The quantitative estimate of drug-likeness (QED) is 0.853. The molecule has 2 bridgehead atoms. The van der Waals surface area contributed by atoms with E-state index in [1.807, 2.05) is 30.3 Å². The van der Waals surface area contributed by atoms with Crippen LogP contribution in [0.3, 0.4) is 0 Å². The van der Waals surface area contributed by atoms with Crippen LogP contribution < -0.4 is 5.32 Å². The van der Waals surface area contributed by atoms with Gasteiger partial charge in [-0.25, -0.2) is 0 Å². The van der Waals surface area contributed by atoms with Gasteiger partial charge in [0.1, 0.15) is 0 Å². The topological polar surface area (TPSA) is 69.6 Å². The first-order chi connectivity index (χ1) is 12.2. The van der Waals surface area contributed by atoms with Crippen LogP contribution in [0.5, 0.6) is 0 Å². The Morgan fingerprint density at radius 1 is 1.20 bits per heavy atom. The molecule has 2 aliphatic carbocycles. The number of fused-ring (bicyclic) bond motifs is 2. The maximum atomic E-state index is 12.7. The number of carbonyl (C=O) groups is 2. The average molecular weight is 342 g/mol. The van der Waals surface area contributed by atoms with E-state index in [2.05, 4.69) is 5.32 Å². The van der Waals surface area contributed by atoms with Gasteiger partial charge in [-0.05, 0) is 36.7 Å². The molecule has 1 heterocycles. The molecule has 0 radical (unpaired) electrons. The molecule has 1 saturated heterocycles. The van der Waals surface area contributed by atoms with E-state index in [4.69, 9.17) is 0 Å². The Morgan fingerprint density at radius 3 is 2.72 bits per heavy atom. The summed E-state index contributed by atoms with van der Waals surface area (Å²) < 4.78 is 0. The molecule has 25 heavy (non-hydrogen) atoms. The summed E-state index contributed by atoms with van der Waals surface area (Å²) in [6.45, 7) is 1.21. The third-order valence-electron chi connectivity index (χ3n) is 6.41. The van der Waals surface area contributed by atoms with Crippen LogP contribution in [-0.4, -0.2) is 41.0 Å². The summed E-state index contributed by atoms with van der Waals surface area (Å²) in [5.74, 6) is 1.02. The van der Waals surface area contributed by atoms with E-state index in [0.717, 1.165) is 18.4 Å². The first-order valence-electron chi connectivity index (χ1n) is 9.38. The molecule has 3 aliphatic rings. The van der Waals surface area contributed by atoms with E-state index in [1.54, 1.807) is 4.90 Å². The summed E-state index contributed by atoms with van der Waals surface area (Å²) in [4.78, 5) is 26.8. The number of likely N-dealkylation sites (tertiary alicyclic amines) is 1. The number of carbonyl (C=O) groups excluding carboxylic acids is 2. The molecule has 1 aromatic carbocycles. The summed E-state index contributed by atoms with van der Waals surface area (Å²) in [6, 6.07) is 9.98. The number of hydrogen-bond acceptors (Lipinski definition) is 3. The molecule has 134 valence electrons. The van der Waals surface area contributed by atoms with Crippen molar-refractivity contribution in [1.29, 1.82) is 0 Å². The zero-order valence-corrected chi connectivity index (χ0v) is 14.4. The fourth-order valence-corrected chi connectivity index (χ4v) is 5.08. The Bertz CT molecular complexity index is 648. The van der Waals surface area contributed by atoms with E-state index >= 15 is 0 Å². The normalized spacial score (nSPS) is 33.9. The second-order valence-electron chi connectivity index (χ2n) is 7.87. The molecular weight excluding hydrogens is 316 g/mol. The van der Waals surface area contributed by atoms with Crippen LogP contribution >= 0.6 is 0 Å². The highest BCUT2D eigenvalue weighted by molar-refractivity contribution is 5.89. The minimum Gasteiger partial charge on any atom is -0.396 e. The van der Waals surface area contributed by atoms with Gasteiger partial charge in [-0.15, -0.1) is 0 Å². The van der Waals surface area contributed by atoms with Crippen molar-refractivity contribution in [2.24, 2.45) is 23.7 Å². The molecule has 0 aromatic heterocycles. The molecule has 1 aliphatic heterocycles. The third-order valence-corrected chi connectivity index (χ3v) is 6.41. The second-order valence-corrected chi connectivity index (χ2v) is 7.87. The lowest BCUT2D eigenvalue weighted by atomic mass is 9.84. The highest BCUT2D eigenvalue weighted by Gasteiger charge is 2.48. The van der Waals surface area contributed by atoms with Gasteiger partial charge in [0, 0.05) is 38.1 Å². The van der Waals surface area contributed by atoms with E-state index in [9.17, 15) is 14.7 Å². The summed E-state index contributed by atoms with van der Waals surface area (Å²) in [5.41, 5.74) is 1.09. The zero-order valence-electron chi connectivity index (χ0n) is 14.4. The van der Waals surface area contributed by atoms with Gasteiger partial charge in [0.25, 0.3) is 0 Å². The van der Waals surface area contributed by atoms with Gasteiger partial charge in [-0.1, -0.05) is 30.3 Å². The molecule has 3 fully saturated rings. The lowest BCUT2D eigenvalue weighted by molar-refractivity contribution is -0.129. The van der Waals surface area contributed by atoms with E-state index < -0.39 is 0 Å². The second kappa shape index (κ2) is 6.79. The van der Waals surface area contributed by atoms with Crippen molar-refractivity contribution in [3.05, 3.63) is 35.9 Å². The fourth-order valence-electron chi connectivity index (χ4n) is 5.08. The molecule has 2 amide bonds. The maximum Gasteiger partial charge on any atom is 0.225 e. The van der Waals surface area contributed by atoms with Crippen LogP contribution in [0.25, 0.3) is 0 Å². The van der Waals surface area contributed by atoms with Crippen LogP contribution in [0.2, 0.25) is 0 Å². The fraction of sp³-hybridized carbons (Fsp3) is 0.600. The average Bonchev–Trinajstić information content (AvgIpc) is 3.31. The monoisotopic (exact) mass is 342 g/mol. The SMILES string of the molecule is O=C(NC1C2CCC(C2)C1CO)C1CC(=O)N(Cc2ccccc2)C1. The number of rotatable bonds is 5. The first-order valence-corrected chi connectivity index (χ1v) is 9.38. The van der Waals surface area contributed by atoms with Crippen molar-refractivity contribution in [2.75, 3.05) is 13.2 Å². The lowest BCUT2D eigenvalue weighted by Gasteiger charge is -2.31. The molecule has 4 rings (SSSR count). The van der Waals surface area contributed by atoms with Gasteiger partial charge in [-0.3, -0.25) is 9.59 Å². The summed E-state index contributed by atoms with van der Waals surface area (Å²) >= 11 is 0. The number of amides is 2. The Hall–Kier alpha value is -1.88. The summed E-state index contributed by atoms with van der Waals surface area (Å²) in [5, 5.41) is 12.9. The van der Waals surface area contributed by atoms with Gasteiger partial charge >= 0.3 is 0 Å². The smallest absolute Gasteiger partial charge is 0.225 e. The predicted octanol–water partition coefficient (Wildman–Crippen LogP) is 1.56. The number of hydrogen-bond donors (Lipinski definition) is 2. The van der Waals surface area contributed by atoms with E-state index in [-0.39, 0.29) is 36.3 Å². The molecule has 1 aromatic rings. The number of aliphatic hydroxyl groups is 1.